The maximum atomic E-state index is 11.7. The molecule has 0 aliphatic carbocycles. The minimum Gasteiger partial charge on any atom is -0.385 e. The van der Waals surface area contributed by atoms with Crippen molar-refractivity contribution in [2.45, 2.75) is 31.8 Å². The van der Waals surface area contributed by atoms with E-state index in [1.807, 2.05) is 0 Å². The fourth-order valence-corrected chi connectivity index (χ4v) is 4.89. The van der Waals surface area contributed by atoms with Crippen molar-refractivity contribution in [3.63, 3.8) is 0 Å². The Bertz CT molecular complexity index is 571. The van der Waals surface area contributed by atoms with Crippen molar-refractivity contribution in [1.29, 1.82) is 0 Å². The van der Waals surface area contributed by atoms with Crippen LogP contribution >= 0.6 is 11.3 Å². The van der Waals surface area contributed by atoms with E-state index in [9.17, 15) is 8.42 Å². The molecule has 1 atom stereocenters. The second-order valence-corrected chi connectivity index (χ2v) is 8.63. The second kappa shape index (κ2) is 6.75. The monoisotopic (exact) mass is 332 g/mol. The van der Waals surface area contributed by atoms with Gasteiger partial charge in [0.2, 0.25) is 10.0 Å². The molecule has 120 valence electrons. The van der Waals surface area contributed by atoms with Crippen molar-refractivity contribution in [3.8, 4) is 0 Å². The van der Waals surface area contributed by atoms with E-state index in [0.29, 0.717) is 13.0 Å². The predicted octanol–water partition coefficient (Wildman–Crippen LogP) is 1.59. The second-order valence-electron chi connectivity index (χ2n) is 5.88. The van der Waals surface area contributed by atoms with Crippen LogP contribution in [0.3, 0.4) is 0 Å². The molecule has 0 spiro atoms. The molecular weight excluding hydrogens is 308 g/mol. The first-order valence-electron chi connectivity index (χ1n) is 7.07. The number of methoxy groups -OCH3 is 1. The summed E-state index contributed by atoms with van der Waals surface area (Å²) in [5.41, 5.74) is 0.917. The average molecular weight is 332 g/mol. The van der Waals surface area contributed by atoms with Crippen molar-refractivity contribution >= 4 is 21.4 Å². The van der Waals surface area contributed by atoms with Crippen molar-refractivity contribution in [2.75, 3.05) is 33.1 Å². The molecule has 1 saturated heterocycles. The molecule has 1 aromatic heterocycles. The van der Waals surface area contributed by atoms with Gasteiger partial charge >= 0.3 is 0 Å². The van der Waals surface area contributed by atoms with Gasteiger partial charge in [0.05, 0.1) is 6.26 Å². The average Bonchev–Trinajstić information content (AvgIpc) is 2.94. The van der Waals surface area contributed by atoms with E-state index >= 15 is 0 Å². The quantitative estimate of drug-likeness (QED) is 0.824. The summed E-state index contributed by atoms with van der Waals surface area (Å²) in [7, 11) is -1.57. The molecule has 1 fully saturated rings. The molecule has 5 nitrogen and oxygen atoms in total. The Morgan fingerprint density at radius 1 is 1.52 bits per heavy atom. The number of rotatable bonds is 7. The van der Waals surface area contributed by atoms with Crippen LogP contribution in [0.4, 0.5) is 0 Å². The van der Waals surface area contributed by atoms with Gasteiger partial charge in [0, 0.05) is 43.8 Å². The van der Waals surface area contributed by atoms with E-state index in [1.165, 1.54) is 16.7 Å². The number of sulfonamides is 1. The number of hydrogen-bond donors (Lipinski definition) is 1. The van der Waals surface area contributed by atoms with Gasteiger partial charge in [-0.25, -0.2) is 13.1 Å². The predicted molar refractivity (Wildman–Crippen MR) is 86.2 cm³/mol. The lowest BCUT2D eigenvalue weighted by Crippen LogP contribution is -2.50. The van der Waals surface area contributed by atoms with Gasteiger partial charge in [-0.05, 0) is 36.8 Å². The van der Waals surface area contributed by atoms with Crippen molar-refractivity contribution in [3.05, 3.63) is 21.9 Å². The lowest BCUT2D eigenvalue weighted by molar-refractivity contribution is 0.161. The number of nitrogens with zero attached hydrogens (tertiary/aromatic N) is 1. The Morgan fingerprint density at radius 3 is 2.86 bits per heavy atom. The van der Waals surface area contributed by atoms with E-state index in [0.717, 1.165) is 26.1 Å². The third-order valence-electron chi connectivity index (χ3n) is 3.95. The van der Waals surface area contributed by atoms with Crippen LogP contribution < -0.4 is 4.72 Å². The molecular formula is C14H24N2O3S2. The molecule has 2 rings (SSSR count). The van der Waals surface area contributed by atoms with E-state index in [4.69, 9.17) is 4.74 Å². The zero-order valence-electron chi connectivity index (χ0n) is 12.9. The van der Waals surface area contributed by atoms with Gasteiger partial charge < -0.3 is 4.74 Å². The number of aryl methyl sites for hydroxylation is 1. The summed E-state index contributed by atoms with van der Waals surface area (Å²) in [4.78, 5) is 3.68. The standard InChI is InChI=1S/C14H24N2O3S2/c1-12-4-9-20-13(12)10-16-7-5-14(11-16,6-8-19-2)15-21(3,17)18/h4,9,15H,5-8,10-11H2,1-3H3. The highest BCUT2D eigenvalue weighted by Gasteiger charge is 2.40. The Labute approximate surface area is 131 Å². The first kappa shape index (κ1) is 16.9. The van der Waals surface area contributed by atoms with Crippen molar-refractivity contribution in [1.82, 2.24) is 9.62 Å². The molecule has 0 amide bonds. The zero-order chi connectivity index (χ0) is 15.5. The molecule has 0 bridgehead atoms. The highest BCUT2D eigenvalue weighted by atomic mass is 32.2. The first-order chi connectivity index (χ1) is 9.84. The summed E-state index contributed by atoms with van der Waals surface area (Å²) in [5, 5.41) is 2.10. The molecule has 1 aliphatic rings. The largest absolute Gasteiger partial charge is 0.385 e. The maximum absolute atomic E-state index is 11.7. The first-order valence-corrected chi connectivity index (χ1v) is 9.84. The number of likely N-dealkylation sites (tertiary alicyclic amines) is 1. The lowest BCUT2D eigenvalue weighted by atomic mass is 9.96. The van der Waals surface area contributed by atoms with Crippen LogP contribution in [0.5, 0.6) is 0 Å². The molecule has 2 heterocycles. The number of ether oxygens (including phenoxy) is 1. The summed E-state index contributed by atoms with van der Waals surface area (Å²) < 4.78 is 31.3. The Hall–Kier alpha value is -0.470. The molecule has 21 heavy (non-hydrogen) atoms. The minimum atomic E-state index is -3.22. The topological polar surface area (TPSA) is 58.6 Å². The lowest BCUT2D eigenvalue weighted by Gasteiger charge is -2.29. The Balaban J connectivity index is 2.05. The molecule has 0 aromatic carbocycles. The van der Waals surface area contributed by atoms with Gasteiger partial charge in [-0.1, -0.05) is 0 Å². The maximum Gasteiger partial charge on any atom is 0.209 e. The van der Waals surface area contributed by atoms with Gasteiger partial charge in [0.1, 0.15) is 0 Å². The van der Waals surface area contributed by atoms with Crippen LogP contribution in [-0.2, 0) is 21.3 Å². The Morgan fingerprint density at radius 2 is 2.29 bits per heavy atom. The molecule has 1 aromatic rings. The van der Waals surface area contributed by atoms with Crippen molar-refractivity contribution in [2.24, 2.45) is 0 Å². The van der Waals surface area contributed by atoms with Gasteiger partial charge in [0.25, 0.3) is 0 Å². The van der Waals surface area contributed by atoms with Crippen LogP contribution in [-0.4, -0.2) is 51.9 Å². The highest BCUT2D eigenvalue weighted by Crippen LogP contribution is 2.28. The third-order valence-corrected chi connectivity index (χ3v) is 5.77. The van der Waals surface area contributed by atoms with Crippen molar-refractivity contribution < 1.29 is 13.2 Å². The SMILES string of the molecule is COCCC1(NS(C)(=O)=O)CCN(Cc2sccc2C)C1. The third kappa shape index (κ3) is 4.75. The number of hydrogen-bond acceptors (Lipinski definition) is 5. The van der Waals surface area contributed by atoms with Crippen LogP contribution in [0, 0.1) is 6.92 Å². The van der Waals surface area contributed by atoms with E-state index in [1.54, 1.807) is 18.4 Å². The molecule has 0 radical (unpaired) electrons. The molecule has 0 saturated carbocycles. The smallest absolute Gasteiger partial charge is 0.209 e. The fourth-order valence-electron chi connectivity index (χ4n) is 2.89. The van der Waals surface area contributed by atoms with Gasteiger partial charge in [-0.3, -0.25) is 4.90 Å². The number of thiophene rings is 1. The summed E-state index contributed by atoms with van der Waals surface area (Å²) in [6.07, 6.45) is 2.76. The van der Waals surface area contributed by atoms with Gasteiger partial charge in [-0.15, -0.1) is 11.3 Å². The van der Waals surface area contributed by atoms with Gasteiger partial charge in [-0.2, -0.15) is 0 Å². The molecule has 7 heteroatoms. The van der Waals surface area contributed by atoms with Gasteiger partial charge in [0.15, 0.2) is 0 Å². The fraction of sp³-hybridized carbons (Fsp3) is 0.714. The normalized spacial score (nSPS) is 23.8. The van der Waals surface area contributed by atoms with E-state index in [-0.39, 0.29) is 0 Å². The Kier molecular flexibility index (Phi) is 5.43. The van der Waals surface area contributed by atoms with E-state index in [2.05, 4.69) is 28.0 Å². The van der Waals surface area contributed by atoms with Crippen LogP contribution in [0.15, 0.2) is 11.4 Å². The summed E-state index contributed by atoms with van der Waals surface area (Å²) >= 11 is 1.76. The number of nitrogens with one attached hydrogen (secondary N) is 1. The molecule has 1 aliphatic heterocycles. The minimum absolute atomic E-state index is 0.394. The zero-order valence-corrected chi connectivity index (χ0v) is 14.5. The summed E-state index contributed by atoms with van der Waals surface area (Å²) in [6, 6.07) is 2.13. The molecule has 1 N–H and O–H groups in total. The van der Waals surface area contributed by atoms with E-state index < -0.39 is 15.6 Å². The summed E-state index contributed by atoms with van der Waals surface area (Å²) in [6.45, 7) is 5.22. The summed E-state index contributed by atoms with van der Waals surface area (Å²) in [5.74, 6) is 0. The van der Waals surface area contributed by atoms with Crippen LogP contribution in [0.2, 0.25) is 0 Å². The highest BCUT2D eigenvalue weighted by molar-refractivity contribution is 7.88. The van der Waals surface area contributed by atoms with Crippen LogP contribution in [0.25, 0.3) is 0 Å². The van der Waals surface area contributed by atoms with Crippen LogP contribution in [0.1, 0.15) is 23.3 Å². The molecule has 1 unspecified atom stereocenters.